The summed E-state index contributed by atoms with van der Waals surface area (Å²) < 4.78 is 2.72. The summed E-state index contributed by atoms with van der Waals surface area (Å²) in [6.07, 6.45) is 10.1. The van der Waals surface area contributed by atoms with Gasteiger partial charge in [-0.3, -0.25) is 4.79 Å². The SMILES string of the molecule is O=C(NCCCc1nc2c(s1)CCCC2)c1cnn(-c2ccc(Br)cc2)c1. The van der Waals surface area contributed by atoms with Crippen LogP contribution in [0.5, 0.6) is 0 Å². The molecule has 0 bridgehead atoms. The number of carbonyl (C=O) groups is 1. The molecule has 1 N–H and O–H groups in total. The van der Waals surface area contributed by atoms with Crippen LogP contribution in [0.3, 0.4) is 0 Å². The van der Waals surface area contributed by atoms with E-state index in [1.165, 1.54) is 34.8 Å². The number of fused-ring (bicyclic) bond motifs is 1. The van der Waals surface area contributed by atoms with Crippen molar-refractivity contribution in [3.63, 3.8) is 0 Å². The highest BCUT2D eigenvalue weighted by Gasteiger charge is 2.15. The van der Waals surface area contributed by atoms with Crippen molar-refractivity contribution in [1.29, 1.82) is 0 Å². The molecule has 4 rings (SSSR count). The lowest BCUT2D eigenvalue weighted by atomic mass is 10.0. The molecule has 2 heterocycles. The number of benzene rings is 1. The zero-order valence-electron chi connectivity index (χ0n) is 14.9. The van der Waals surface area contributed by atoms with Gasteiger partial charge < -0.3 is 5.32 Å². The van der Waals surface area contributed by atoms with E-state index in [2.05, 4.69) is 26.3 Å². The van der Waals surface area contributed by atoms with Gasteiger partial charge in [0.1, 0.15) is 0 Å². The first kappa shape index (κ1) is 18.4. The van der Waals surface area contributed by atoms with Crippen LogP contribution in [-0.2, 0) is 19.3 Å². The van der Waals surface area contributed by atoms with Crippen LogP contribution >= 0.6 is 27.3 Å². The Kier molecular flexibility index (Phi) is 5.69. The Labute approximate surface area is 171 Å². The summed E-state index contributed by atoms with van der Waals surface area (Å²) in [4.78, 5) is 18.6. The van der Waals surface area contributed by atoms with Crippen LogP contribution in [0.4, 0.5) is 0 Å². The van der Waals surface area contributed by atoms with E-state index in [0.29, 0.717) is 12.1 Å². The highest BCUT2D eigenvalue weighted by atomic mass is 79.9. The van der Waals surface area contributed by atoms with E-state index in [0.717, 1.165) is 29.4 Å². The van der Waals surface area contributed by atoms with Crippen LogP contribution in [0, 0.1) is 0 Å². The third-order valence-corrected chi connectivity index (χ3v) is 6.42. The van der Waals surface area contributed by atoms with Gasteiger partial charge in [-0.25, -0.2) is 9.67 Å². The number of hydrogen-bond acceptors (Lipinski definition) is 4. The van der Waals surface area contributed by atoms with E-state index in [9.17, 15) is 4.79 Å². The van der Waals surface area contributed by atoms with Gasteiger partial charge in [0.15, 0.2) is 0 Å². The molecule has 0 aliphatic heterocycles. The molecule has 0 fully saturated rings. The van der Waals surface area contributed by atoms with Crippen molar-refractivity contribution in [2.45, 2.75) is 38.5 Å². The van der Waals surface area contributed by atoms with Gasteiger partial charge in [0.05, 0.1) is 28.1 Å². The lowest BCUT2D eigenvalue weighted by molar-refractivity contribution is 0.0953. The highest BCUT2D eigenvalue weighted by Crippen LogP contribution is 2.27. The maximum Gasteiger partial charge on any atom is 0.254 e. The first-order valence-electron chi connectivity index (χ1n) is 9.25. The van der Waals surface area contributed by atoms with Crippen molar-refractivity contribution in [2.24, 2.45) is 0 Å². The zero-order valence-corrected chi connectivity index (χ0v) is 17.4. The predicted octanol–water partition coefficient (Wildman–Crippen LogP) is 4.33. The van der Waals surface area contributed by atoms with Crippen molar-refractivity contribution in [3.05, 3.63) is 62.3 Å². The van der Waals surface area contributed by atoms with Crippen LogP contribution in [0.1, 0.15) is 45.2 Å². The van der Waals surface area contributed by atoms with E-state index in [1.807, 2.05) is 35.6 Å². The van der Waals surface area contributed by atoms with Gasteiger partial charge in [-0.2, -0.15) is 5.10 Å². The summed E-state index contributed by atoms with van der Waals surface area (Å²) in [5.74, 6) is -0.0863. The largest absolute Gasteiger partial charge is 0.352 e. The lowest BCUT2D eigenvalue weighted by Gasteiger charge is -2.06. The van der Waals surface area contributed by atoms with E-state index in [-0.39, 0.29) is 5.91 Å². The van der Waals surface area contributed by atoms with Crippen LogP contribution in [0.25, 0.3) is 5.69 Å². The van der Waals surface area contributed by atoms with Crippen LogP contribution in [0.2, 0.25) is 0 Å². The number of amides is 1. The Bertz CT molecular complexity index is 908. The van der Waals surface area contributed by atoms with Crippen molar-refractivity contribution < 1.29 is 4.79 Å². The zero-order chi connectivity index (χ0) is 18.6. The average Bonchev–Trinajstić information content (AvgIpc) is 3.32. The van der Waals surface area contributed by atoms with E-state index in [4.69, 9.17) is 4.98 Å². The van der Waals surface area contributed by atoms with Crippen molar-refractivity contribution in [1.82, 2.24) is 20.1 Å². The summed E-state index contributed by atoms with van der Waals surface area (Å²) in [5.41, 5.74) is 2.80. The van der Waals surface area contributed by atoms with Gasteiger partial charge in [0.25, 0.3) is 5.91 Å². The van der Waals surface area contributed by atoms with E-state index >= 15 is 0 Å². The second kappa shape index (κ2) is 8.35. The fourth-order valence-corrected chi connectivity index (χ4v) is 4.69. The molecule has 3 aromatic rings. The Morgan fingerprint density at radius 2 is 2.04 bits per heavy atom. The topological polar surface area (TPSA) is 59.8 Å². The summed E-state index contributed by atoms with van der Waals surface area (Å²) in [7, 11) is 0. The fraction of sp³-hybridized carbons (Fsp3) is 0.350. The van der Waals surface area contributed by atoms with Gasteiger partial charge in [-0.05, 0) is 56.4 Å². The number of rotatable bonds is 6. The molecule has 0 radical (unpaired) electrons. The minimum atomic E-state index is -0.0863. The van der Waals surface area contributed by atoms with Gasteiger partial charge in [0, 0.05) is 28.5 Å². The minimum absolute atomic E-state index is 0.0863. The molecular formula is C20H21BrN4OS. The number of nitrogens with zero attached hydrogens (tertiary/aromatic N) is 3. The quantitative estimate of drug-likeness (QED) is 0.575. The molecule has 140 valence electrons. The smallest absolute Gasteiger partial charge is 0.254 e. The monoisotopic (exact) mass is 444 g/mol. The molecule has 0 spiro atoms. The Hall–Kier alpha value is -1.99. The average molecular weight is 445 g/mol. The molecule has 5 nitrogen and oxygen atoms in total. The van der Waals surface area contributed by atoms with E-state index < -0.39 is 0 Å². The van der Waals surface area contributed by atoms with Gasteiger partial charge in [0.2, 0.25) is 0 Å². The molecular weight excluding hydrogens is 424 g/mol. The number of hydrogen-bond donors (Lipinski definition) is 1. The summed E-state index contributed by atoms with van der Waals surface area (Å²) >= 11 is 5.27. The molecule has 1 aromatic carbocycles. The molecule has 1 amide bonds. The molecule has 2 aromatic heterocycles. The van der Waals surface area contributed by atoms with Crippen LogP contribution in [-0.4, -0.2) is 27.2 Å². The second-order valence-electron chi connectivity index (χ2n) is 6.69. The normalized spacial score (nSPS) is 13.4. The molecule has 0 saturated heterocycles. The number of aryl methyl sites for hydroxylation is 3. The third-order valence-electron chi connectivity index (χ3n) is 4.68. The molecule has 0 unspecified atom stereocenters. The summed E-state index contributed by atoms with van der Waals surface area (Å²) in [6.45, 7) is 0.645. The van der Waals surface area contributed by atoms with Gasteiger partial charge in [-0.1, -0.05) is 15.9 Å². The maximum absolute atomic E-state index is 12.3. The van der Waals surface area contributed by atoms with Gasteiger partial charge in [-0.15, -0.1) is 11.3 Å². The number of nitrogens with one attached hydrogen (secondary N) is 1. The standard InChI is InChI=1S/C20H21BrN4OS/c21-15-7-9-16(10-8-15)25-13-14(12-23-25)20(26)22-11-3-6-19-24-17-4-1-2-5-18(17)27-19/h7-10,12-13H,1-6,11H2,(H,22,26). The number of halogens is 1. The molecule has 1 aliphatic rings. The highest BCUT2D eigenvalue weighted by molar-refractivity contribution is 9.10. The first-order valence-corrected chi connectivity index (χ1v) is 10.9. The number of thiazole rings is 1. The van der Waals surface area contributed by atoms with Gasteiger partial charge >= 0.3 is 0 Å². The molecule has 1 aliphatic carbocycles. The Morgan fingerprint density at radius 1 is 1.22 bits per heavy atom. The minimum Gasteiger partial charge on any atom is -0.352 e. The fourth-order valence-electron chi connectivity index (χ4n) is 3.23. The van der Waals surface area contributed by atoms with E-state index in [1.54, 1.807) is 17.1 Å². The van der Waals surface area contributed by atoms with Crippen LogP contribution < -0.4 is 5.32 Å². The summed E-state index contributed by atoms with van der Waals surface area (Å²) in [5, 5.41) is 8.47. The maximum atomic E-state index is 12.3. The molecule has 27 heavy (non-hydrogen) atoms. The van der Waals surface area contributed by atoms with Crippen molar-refractivity contribution in [2.75, 3.05) is 6.54 Å². The molecule has 0 saturated carbocycles. The predicted molar refractivity (Wildman–Crippen MR) is 111 cm³/mol. The summed E-state index contributed by atoms with van der Waals surface area (Å²) in [6, 6.07) is 7.80. The molecule has 7 heteroatoms. The number of carbonyl (C=O) groups excluding carboxylic acids is 1. The first-order chi connectivity index (χ1) is 13.2. The lowest BCUT2D eigenvalue weighted by Crippen LogP contribution is -2.24. The Morgan fingerprint density at radius 3 is 2.85 bits per heavy atom. The van der Waals surface area contributed by atoms with Crippen LogP contribution in [0.15, 0.2) is 41.1 Å². The molecule has 0 atom stereocenters. The number of aromatic nitrogens is 3. The third kappa shape index (κ3) is 4.47. The second-order valence-corrected chi connectivity index (χ2v) is 8.78. The van der Waals surface area contributed by atoms with Crippen molar-refractivity contribution in [3.8, 4) is 5.69 Å². The van der Waals surface area contributed by atoms with Crippen molar-refractivity contribution >= 4 is 33.2 Å². The Balaban J connectivity index is 1.27.